The van der Waals surface area contributed by atoms with E-state index >= 15 is 0 Å². The van der Waals surface area contributed by atoms with E-state index in [0.29, 0.717) is 17.3 Å². The summed E-state index contributed by atoms with van der Waals surface area (Å²) in [7, 11) is 0. The molecule has 0 atom stereocenters. The van der Waals surface area contributed by atoms with Crippen molar-refractivity contribution < 1.29 is 9.59 Å². The van der Waals surface area contributed by atoms with Gasteiger partial charge in [0.1, 0.15) is 5.01 Å². The third-order valence-corrected chi connectivity index (χ3v) is 5.79. The van der Waals surface area contributed by atoms with Crippen LogP contribution in [0.5, 0.6) is 0 Å². The summed E-state index contributed by atoms with van der Waals surface area (Å²) in [5, 5.41) is 6.65. The van der Waals surface area contributed by atoms with E-state index in [0.717, 1.165) is 28.1 Å². The van der Waals surface area contributed by atoms with E-state index in [4.69, 9.17) is 0 Å². The van der Waals surface area contributed by atoms with Crippen LogP contribution in [-0.2, 0) is 4.79 Å². The van der Waals surface area contributed by atoms with E-state index in [1.165, 1.54) is 18.9 Å². The van der Waals surface area contributed by atoms with Gasteiger partial charge in [-0.05, 0) is 55.3 Å². The fourth-order valence-corrected chi connectivity index (χ4v) is 4.21. The quantitative estimate of drug-likeness (QED) is 0.624. The minimum Gasteiger partial charge on any atom is -0.349 e. The zero-order chi connectivity index (χ0) is 19.3. The van der Waals surface area contributed by atoms with Crippen molar-refractivity contribution in [2.75, 3.05) is 5.32 Å². The van der Waals surface area contributed by atoms with Gasteiger partial charge in [0.25, 0.3) is 5.91 Å². The molecule has 6 heteroatoms. The number of para-hydroxylation sites is 1. The summed E-state index contributed by atoms with van der Waals surface area (Å²) in [6.07, 6.45) is 7.66. The fourth-order valence-electron chi connectivity index (χ4n) is 3.34. The average Bonchev–Trinajstić information content (AvgIpc) is 3.36. The SMILES string of the molecule is O=C(/C=C/c1nc2ccccc2s1)Nc1ccc(C(=O)NC2CCCC2)cc1. The molecule has 0 spiro atoms. The number of carbonyl (C=O) groups is 2. The Balaban J connectivity index is 1.34. The van der Waals surface area contributed by atoms with E-state index < -0.39 is 0 Å². The Labute approximate surface area is 167 Å². The second-order valence-corrected chi connectivity index (χ2v) is 7.94. The van der Waals surface area contributed by atoms with Crippen molar-refractivity contribution in [3.05, 3.63) is 65.2 Å². The smallest absolute Gasteiger partial charge is 0.251 e. The second kappa shape index (κ2) is 8.35. The van der Waals surface area contributed by atoms with E-state index in [1.54, 1.807) is 41.7 Å². The number of benzene rings is 2. The first kappa shape index (κ1) is 18.4. The van der Waals surface area contributed by atoms with Crippen molar-refractivity contribution in [2.24, 2.45) is 0 Å². The first-order valence-electron chi connectivity index (χ1n) is 9.43. The predicted molar refractivity (Wildman–Crippen MR) is 113 cm³/mol. The minimum absolute atomic E-state index is 0.0551. The summed E-state index contributed by atoms with van der Waals surface area (Å²) < 4.78 is 1.09. The number of hydrogen-bond acceptors (Lipinski definition) is 4. The lowest BCUT2D eigenvalue weighted by Gasteiger charge is -2.12. The third-order valence-electron chi connectivity index (χ3n) is 4.79. The van der Waals surface area contributed by atoms with Crippen LogP contribution in [-0.4, -0.2) is 22.8 Å². The highest BCUT2D eigenvalue weighted by atomic mass is 32.1. The Bertz CT molecular complexity index is 985. The minimum atomic E-state index is -0.234. The number of anilines is 1. The van der Waals surface area contributed by atoms with Crippen molar-refractivity contribution in [3.8, 4) is 0 Å². The summed E-state index contributed by atoms with van der Waals surface area (Å²) in [5.41, 5.74) is 2.19. The van der Waals surface area contributed by atoms with Crippen molar-refractivity contribution in [1.29, 1.82) is 0 Å². The number of nitrogens with one attached hydrogen (secondary N) is 2. The molecule has 0 radical (unpaired) electrons. The van der Waals surface area contributed by atoms with Gasteiger partial charge in [0.2, 0.25) is 5.91 Å². The maximum Gasteiger partial charge on any atom is 0.251 e. The van der Waals surface area contributed by atoms with Crippen LogP contribution in [0.3, 0.4) is 0 Å². The monoisotopic (exact) mass is 391 g/mol. The summed E-state index contributed by atoms with van der Waals surface area (Å²) in [6.45, 7) is 0. The molecule has 0 aliphatic heterocycles. The number of aromatic nitrogens is 1. The molecule has 1 aliphatic rings. The number of carbonyl (C=O) groups excluding carboxylic acids is 2. The van der Waals surface area contributed by atoms with Gasteiger partial charge in [0.05, 0.1) is 10.2 Å². The normalized spacial score (nSPS) is 14.6. The predicted octanol–water partition coefficient (Wildman–Crippen LogP) is 4.62. The molecule has 28 heavy (non-hydrogen) atoms. The number of rotatable bonds is 5. The molecule has 0 unspecified atom stereocenters. The van der Waals surface area contributed by atoms with Gasteiger partial charge in [-0.25, -0.2) is 4.98 Å². The van der Waals surface area contributed by atoms with Crippen LogP contribution < -0.4 is 10.6 Å². The third kappa shape index (κ3) is 4.46. The molecule has 0 bridgehead atoms. The Morgan fingerprint density at radius 1 is 1.04 bits per heavy atom. The van der Waals surface area contributed by atoms with Gasteiger partial charge in [-0.3, -0.25) is 9.59 Å². The lowest BCUT2D eigenvalue weighted by Crippen LogP contribution is -2.32. The van der Waals surface area contributed by atoms with Crippen LogP contribution in [0.15, 0.2) is 54.6 Å². The topological polar surface area (TPSA) is 71.1 Å². The van der Waals surface area contributed by atoms with E-state index in [-0.39, 0.29) is 11.8 Å². The largest absolute Gasteiger partial charge is 0.349 e. The van der Waals surface area contributed by atoms with Crippen molar-refractivity contribution in [3.63, 3.8) is 0 Å². The highest BCUT2D eigenvalue weighted by Gasteiger charge is 2.17. The molecule has 142 valence electrons. The van der Waals surface area contributed by atoms with Gasteiger partial charge in [0, 0.05) is 23.4 Å². The summed E-state index contributed by atoms with van der Waals surface area (Å²) >= 11 is 1.54. The Morgan fingerprint density at radius 3 is 2.54 bits per heavy atom. The maximum atomic E-state index is 12.3. The maximum absolute atomic E-state index is 12.3. The summed E-state index contributed by atoms with van der Waals surface area (Å²) in [5.74, 6) is -0.289. The van der Waals surface area contributed by atoms with Crippen LogP contribution in [0.2, 0.25) is 0 Å². The molecule has 2 aromatic carbocycles. The molecule has 3 aromatic rings. The van der Waals surface area contributed by atoms with E-state index in [9.17, 15) is 9.59 Å². The molecule has 4 rings (SSSR count). The number of nitrogens with zero attached hydrogens (tertiary/aromatic N) is 1. The van der Waals surface area contributed by atoms with Crippen molar-refractivity contribution >= 4 is 45.1 Å². The molecular formula is C22H21N3O2S. The number of amides is 2. The molecular weight excluding hydrogens is 370 g/mol. The van der Waals surface area contributed by atoms with Gasteiger partial charge in [0.15, 0.2) is 0 Å². The second-order valence-electron chi connectivity index (χ2n) is 6.87. The summed E-state index contributed by atoms with van der Waals surface area (Å²) in [4.78, 5) is 28.9. The number of thiazole rings is 1. The Hall–Kier alpha value is -2.99. The Kier molecular flexibility index (Phi) is 5.48. The lowest BCUT2D eigenvalue weighted by atomic mass is 10.1. The van der Waals surface area contributed by atoms with Crippen LogP contribution in [0.25, 0.3) is 16.3 Å². The standard InChI is InChI=1S/C22H21N3O2S/c26-20(13-14-21-25-18-7-3-4-8-19(18)28-21)23-17-11-9-15(10-12-17)22(27)24-16-5-1-2-6-16/h3-4,7-14,16H,1-2,5-6H2,(H,23,26)(H,24,27)/b14-13+. The molecule has 5 nitrogen and oxygen atoms in total. The van der Waals surface area contributed by atoms with Crippen LogP contribution >= 0.6 is 11.3 Å². The molecule has 2 amide bonds. The zero-order valence-electron chi connectivity index (χ0n) is 15.4. The van der Waals surface area contributed by atoms with Crippen molar-refractivity contribution in [1.82, 2.24) is 10.3 Å². The van der Waals surface area contributed by atoms with E-state index in [1.807, 2.05) is 24.3 Å². The highest BCUT2D eigenvalue weighted by molar-refractivity contribution is 7.19. The fraction of sp³-hybridized carbons (Fsp3) is 0.227. The van der Waals surface area contributed by atoms with Gasteiger partial charge in [-0.1, -0.05) is 25.0 Å². The van der Waals surface area contributed by atoms with Crippen LogP contribution in [0, 0.1) is 0 Å². The van der Waals surface area contributed by atoms with Gasteiger partial charge in [-0.15, -0.1) is 11.3 Å². The molecule has 1 aliphatic carbocycles. The summed E-state index contributed by atoms with van der Waals surface area (Å²) in [6, 6.07) is 15.1. The van der Waals surface area contributed by atoms with Crippen molar-refractivity contribution in [2.45, 2.75) is 31.7 Å². The lowest BCUT2D eigenvalue weighted by molar-refractivity contribution is -0.111. The van der Waals surface area contributed by atoms with Crippen LogP contribution in [0.1, 0.15) is 41.0 Å². The van der Waals surface area contributed by atoms with Gasteiger partial charge < -0.3 is 10.6 Å². The van der Waals surface area contributed by atoms with E-state index in [2.05, 4.69) is 15.6 Å². The molecule has 0 saturated heterocycles. The molecule has 2 N–H and O–H groups in total. The first-order valence-corrected chi connectivity index (χ1v) is 10.2. The molecule has 1 aromatic heterocycles. The first-order chi connectivity index (χ1) is 13.7. The molecule has 1 heterocycles. The highest BCUT2D eigenvalue weighted by Crippen LogP contribution is 2.22. The average molecular weight is 391 g/mol. The molecule has 1 saturated carbocycles. The number of fused-ring (bicyclic) bond motifs is 1. The number of hydrogen-bond donors (Lipinski definition) is 2. The van der Waals surface area contributed by atoms with Gasteiger partial charge in [-0.2, -0.15) is 0 Å². The van der Waals surface area contributed by atoms with Gasteiger partial charge >= 0.3 is 0 Å². The molecule has 1 fully saturated rings. The Morgan fingerprint density at radius 2 is 1.79 bits per heavy atom. The van der Waals surface area contributed by atoms with Crippen LogP contribution in [0.4, 0.5) is 5.69 Å². The zero-order valence-corrected chi connectivity index (χ0v) is 16.2.